The summed E-state index contributed by atoms with van der Waals surface area (Å²) in [4.78, 5) is 13.9. The lowest BCUT2D eigenvalue weighted by Crippen LogP contribution is -2.41. The SMILES string of the molecule is CC(C(=O)N(Cc1ccccc1)CC(F)F)C(N)c1ccccc1. The predicted octanol–water partition coefficient (Wildman–Crippen LogP) is 3.62. The summed E-state index contributed by atoms with van der Waals surface area (Å²) in [5, 5.41) is 0. The van der Waals surface area contributed by atoms with Crippen LogP contribution >= 0.6 is 0 Å². The maximum absolute atomic E-state index is 12.9. The van der Waals surface area contributed by atoms with Gasteiger partial charge in [0.25, 0.3) is 6.43 Å². The minimum absolute atomic E-state index is 0.149. The number of halogens is 2. The number of nitrogens with two attached hydrogens (primary N) is 1. The number of carbonyl (C=O) groups is 1. The van der Waals surface area contributed by atoms with Crippen LogP contribution < -0.4 is 5.73 Å². The summed E-state index contributed by atoms with van der Waals surface area (Å²) >= 11 is 0. The molecule has 5 heteroatoms. The number of carbonyl (C=O) groups excluding carboxylic acids is 1. The number of nitrogens with zero attached hydrogens (tertiary/aromatic N) is 1. The molecule has 24 heavy (non-hydrogen) atoms. The quantitative estimate of drug-likeness (QED) is 0.842. The first-order valence-electron chi connectivity index (χ1n) is 7.90. The summed E-state index contributed by atoms with van der Waals surface area (Å²) in [7, 11) is 0. The van der Waals surface area contributed by atoms with Crippen LogP contribution in [0.1, 0.15) is 24.1 Å². The molecule has 0 saturated heterocycles. The molecule has 2 aromatic carbocycles. The second-order valence-electron chi connectivity index (χ2n) is 5.82. The van der Waals surface area contributed by atoms with Crippen LogP contribution in [0.25, 0.3) is 0 Å². The number of benzene rings is 2. The Morgan fingerprint density at radius 3 is 2.12 bits per heavy atom. The minimum Gasteiger partial charge on any atom is -0.332 e. The Morgan fingerprint density at radius 1 is 1.04 bits per heavy atom. The van der Waals surface area contributed by atoms with Crippen LogP contribution in [-0.4, -0.2) is 23.8 Å². The molecule has 0 aliphatic rings. The van der Waals surface area contributed by atoms with Crippen LogP contribution in [0.4, 0.5) is 8.78 Å². The monoisotopic (exact) mass is 332 g/mol. The van der Waals surface area contributed by atoms with Crippen LogP contribution in [0.5, 0.6) is 0 Å². The van der Waals surface area contributed by atoms with E-state index in [1.807, 2.05) is 60.7 Å². The van der Waals surface area contributed by atoms with E-state index in [1.54, 1.807) is 6.92 Å². The zero-order valence-electron chi connectivity index (χ0n) is 13.6. The highest BCUT2D eigenvalue weighted by Gasteiger charge is 2.28. The Hall–Kier alpha value is -2.27. The first-order chi connectivity index (χ1) is 11.5. The zero-order chi connectivity index (χ0) is 17.5. The number of alkyl halides is 2. The second-order valence-corrected chi connectivity index (χ2v) is 5.82. The molecule has 0 heterocycles. The molecule has 0 aliphatic carbocycles. The average Bonchev–Trinajstić information content (AvgIpc) is 2.60. The molecule has 0 saturated carbocycles. The lowest BCUT2D eigenvalue weighted by Gasteiger charge is -2.28. The van der Waals surface area contributed by atoms with E-state index in [4.69, 9.17) is 5.73 Å². The highest BCUT2D eigenvalue weighted by molar-refractivity contribution is 5.79. The van der Waals surface area contributed by atoms with Gasteiger partial charge in [0.05, 0.1) is 12.5 Å². The van der Waals surface area contributed by atoms with E-state index in [2.05, 4.69) is 0 Å². The average molecular weight is 332 g/mol. The number of hydrogen-bond donors (Lipinski definition) is 1. The molecular weight excluding hydrogens is 310 g/mol. The molecule has 128 valence electrons. The van der Waals surface area contributed by atoms with Crippen LogP contribution in [0.15, 0.2) is 60.7 Å². The number of hydrogen-bond acceptors (Lipinski definition) is 2. The molecule has 2 N–H and O–H groups in total. The summed E-state index contributed by atoms with van der Waals surface area (Å²) in [6.07, 6.45) is -2.59. The van der Waals surface area contributed by atoms with Crippen molar-refractivity contribution in [3.8, 4) is 0 Å². The van der Waals surface area contributed by atoms with Crippen molar-refractivity contribution < 1.29 is 13.6 Å². The molecule has 0 spiro atoms. The predicted molar refractivity (Wildman–Crippen MR) is 90.4 cm³/mol. The molecule has 2 unspecified atom stereocenters. The van der Waals surface area contributed by atoms with Gasteiger partial charge in [0.2, 0.25) is 5.91 Å². The summed E-state index contributed by atoms with van der Waals surface area (Å²) in [5.41, 5.74) is 7.79. The zero-order valence-corrected chi connectivity index (χ0v) is 13.6. The highest BCUT2D eigenvalue weighted by Crippen LogP contribution is 2.22. The highest BCUT2D eigenvalue weighted by atomic mass is 19.3. The topological polar surface area (TPSA) is 46.3 Å². The normalized spacial score (nSPS) is 13.5. The fraction of sp³-hybridized carbons (Fsp3) is 0.316. The lowest BCUT2D eigenvalue weighted by molar-refractivity contribution is -0.138. The van der Waals surface area contributed by atoms with Gasteiger partial charge in [-0.25, -0.2) is 8.78 Å². The minimum atomic E-state index is -2.59. The van der Waals surface area contributed by atoms with Gasteiger partial charge in [-0.2, -0.15) is 0 Å². The summed E-state index contributed by atoms with van der Waals surface area (Å²) in [6, 6.07) is 17.8. The Kier molecular flexibility index (Phi) is 6.44. The molecule has 0 radical (unpaired) electrons. The van der Waals surface area contributed by atoms with Crippen LogP contribution in [0.3, 0.4) is 0 Å². The maximum atomic E-state index is 12.9. The van der Waals surface area contributed by atoms with Gasteiger partial charge in [0.15, 0.2) is 0 Å². The Bertz CT molecular complexity index is 634. The summed E-state index contributed by atoms with van der Waals surface area (Å²) < 4.78 is 25.8. The molecule has 2 atom stereocenters. The maximum Gasteiger partial charge on any atom is 0.255 e. The van der Waals surface area contributed by atoms with Crippen LogP contribution in [0, 0.1) is 5.92 Å². The van der Waals surface area contributed by atoms with Gasteiger partial charge in [0.1, 0.15) is 0 Å². The van der Waals surface area contributed by atoms with E-state index >= 15 is 0 Å². The standard InChI is InChI=1S/C19H22F2N2O/c1-14(18(22)16-10-6-3-7-11-16)19(24)23(13-17(20)21)12-15-8-4-2-5-9-15/h2-11,14,17-18H,12-13,22H2,1H3. The molecule has 2 aromatic rings. The van der Waals surface area contributed by atoms with Crippen molar-refractivity contribution in [2.24, 2.45) is 11.7 Å². The van der Waals surface area contributed by atoms with E-state index in [9.17, 15) is 13.6 Å². The van der Waals surface area contributed by atoms with E-state index in [-0.39, 0.29) is 12.5 Å². The Labute approximate surface area is 141 Å². The molecule has 0 aliphatic heterocycles. The van der Waals surface area contributed by atoms with Gasteiger partial charge in [-0.15, -0.1) is 0 Å². The first-order valence-corrected chi connectivity index (χ1v) is 7.90. The molecule has 0 aromatic heterocycles. The smallest absolute Gasteiger partial charge is 0.255 e. The van der Waals surface area contributed by atoms with Gasteiger partial charge in [-0.05, 0) is 11.1 Å². The van der Waals surface area contributed by atoms with Crippen molar-refractivity contribution in [2.45, 2.75) is 25.9 Å². The van der Waals surface area contributed by atoms with Crippen molar-refractivity contribution in [3.63, 3.8) is 0 Å². The van der Waals surface area contributed by atoms with Crippen molar-refractivity contribution in [1.29, 1.82) is 0 Å². The van der Waals surface area contributed by atoms with Crippen molar-refractivity contribution in [1.82, 2.24) is 4.90 Å². The Balaban J connectivity index is 2.14. The molecule has 2 rings (SSSR count). The molecule has 1 amide bonds. The molecule has 0 fully saturated rings. The largest absolute Gasteiger partial charge is 0.332 e. The van der Waals surface area contributed by atoms with E-state index in [1.165, 1.54) is 4.90 Å². The van der Waals surface area contributed by atoms with Crippen molar-refractivity contribution in [2.75, 3.05) is 6.54 Å². The fourth-order valence-electron chi connectivity index (χ4n) is 2.61. The third-order valence-electron chi connectivity index (χ3n) is 4.00. The van der Waals surface area contributed by atoms with Gasteiger partial charge in [-0.3, -0.25) is 4.79 Å². The third kappa shape index (κ3) is 4.86. The third-order valence-corrected chi connectivity index (χ3v) is 4.00. The van der Waals surface area contributed by atoms with Crippen molar-refractivity contribution in [3.05, 3.63) is 71.8 Å². The summed E-state index contributed by atoms with van der Waals surface area (Å²) in [5.74, 6) is -0.953. The number of amides is 1. The van der Waals surface area contributed by atoms with Crippen LogP contribution in [0.2, 0.25) is 0 Å². The van der Waals surface area contributed by atoms with Gasteiger partial charge < -0.3 is 10.6 Å². The molecular formula is C19H22F2N2O. The Morgan fingerprint density at radius 2 is 1.58 bits per heavy atom. The van der Waals surface area contributed by atoms with Crippen molar-refractivity contribution >= 4 is 5.91 Å². The fourth-order valence-corrected chi connectivity index (χ4v) is 2.61. The molecule has 0 bridgehead atoms. The van der Waals surface area contributed by atoms with E-state index in [0.29, 0.717) is 0 Å². The van der Waals surface area contributed by atoms with Gasteiger partial charge >= 0.3 is 0 Å². The van der Waals surface area contributed by atoms with E-state index < -0.39 is 24.9 Å². The van der Waals surface area contributed by atoms with Gasteiger partial charge in [-0.1, -0.05) is 67.6 Å². The second kappa shape index (κ2) is 8.55. The van der Waals surface area contributed by atoms with E-state index in [0.717, 1.165) is 11.1 Å². The lowest BCUT2D eigenvalue weighted by atomic mass is 9.94. The summed E-state index contributed by atoms with van der Waals surface area (Å²) in [6.45, 7) is 1.24. The van der Waals surface area contributed by atoms with Crippen LogP contribution in [-0.2, 0) is 11.3 Å². The molecule has 3 nitrogen and oxygen atoms in total. The van der Waals surface area contributed by atoms with Gasteiger partial charge in [0, 0.05) is 12.6 Å². The number of rotatable bonds is 7. The first kappa shape index (κ1) is 18.1.